The van der Waals surface area contributed by atoms with Crippen LogP contribution in [0.3, 0.4) is 0 Å². The number of benzene rings is 2. The molecule has 7 heteroatoms. The normalized spacial score (nSPS) is 10.3. The van der Waals surface area contributed by atoms with E-state index in [1.807, 2.05) is 6.07 Å². The summed E-state index contributed by atoms with van der Waals surface area (Å²) in [6, 6.07) is 9.45. The van der Waals surface area contributed by atoms with Gasteiger partial charge in [-0.05, 0) is 36.4 Å². The van der Waals surface area contributed by atoms with E-state index in [-0.39, 0.29) is 16.7 Å². The maximum absolute atomic E-state index is 13.1. The van der Waals surface area contributed by atoms with Crippen molar-refractivity contribution in [3.8, 4) is 11.5 Å². The second kappa shape index (κ2) is 8.08. The predicted molar refractivity (Wildman–Crippen MR) is 90.3 cm³/mol. The highest BCUT2D eigenvalue weighted by molar-refractivity contribution is 8.00. The van der Waals surface area contributed by atoms with Crippen LogP contribution in [-0.2, 0) is 4.79 Å². The molecule has 122 valence electrons. The molecule has 1 N–H and O–H groups in total. The Hall–Kier alpha value is -1.92. The number of carbonyl (C=O) groups excluding carboxylic acids is 1. The van der Waals surface area contributed by atoms with Gasteiger partial charge in [0.25, 0.3) is 0 Å². The molecule has 0 aromatic heterocycles. The van der Waals surface area contributed by atoms with E-state index in [0.717, 1.165) is 4.90 Å². The summed E-state index contributed by atoms with van der Waals surface area (Å²) in [5.74, 6) is 0.687. The lowest BCUT2D eigenvalue weighted by Crippen LogP contribution is -2.14. The van der Waals surface area contributed by atoms with Crippen LogP contribution in [0.2, 0.25) is 5.02 Å². The van der Waals surface area contributed by atoms with Crippen LogP contribution in [0.4, 0.5) is 10.1 Å². The molecule has 0 aliphatic carbocycles. The third-order valence-electron chi connectivity index (χ3n) is 2.93. The lowest BCUT2D eigenvalue weighted by Gasteiger charge is -2.09. The van der Waals surface area contributed by atoms with Crippen molar-refractivity contribution < 1.29 is 18.7 Å². The van der Waals surface area contributed by atoms with Gasteiger partial charge in [0.1, 0.15) is 5.82 Å². The van der Waals surface area contributed by atoms with Crippen molar-refractivity contribution in [3.63, 3.8) is 0 Å². The molecule has 2 rings (SSSR count). The Morgan fingerprint density at radius 1 is 1.17 bits per heavy atom. The van der Waals surface area contributed by atoms with Gasteiger partial charge in [0.2, 0.25) is 5.91 Å². The monoisotopic (exact) mass is 355 g/mol. The number of anilines is 1. The van der Waals surface area contributed by atoms with Gasteiger partial charge in [-0.15, -0.1) is 11.8 Å². The standard InChI is InChI=1S/C16H15ClFNO3S/c1-21-14-6-4-11(8-15(14)22-2)23-9-16(20)19-10-3-5-13(18)12(17)7-10/h3-8H,9H2,1-2H3,(H,19,20). The third kappa shape index (κ3) is 4.77. The van der Waals surface area contributed by atoms with Gasteiger partial charge in [0.15, 0.2) is 11.5 Å². The zero-order chi connectivity index (χ0) is 16.8. The SMILES string of the molecule is COc1ccc(SCC(=O)Nc2ccc(F)c(Cl)c2)cc1OC. The van der Waals surface area contributed by atoms with Crippen LogP contribution in [0, 0.1) is 5.82 Å². The summed E-state index contributed by atoms with van der Waals surface area (Å²) >= 11 is 7.02. The molecule has 0 atom stereocenters. The third-order valence-corrected chi connectivity index (χ3v) is 4.21. The van der Waals surface area contributed by atoms with Crippen molar-refractivity contribution in [2.24, 2.45) is 0 Å². The summed E-state index contributed by atoms with van der Waals surface area (Å²) in [7, 11) is 3.11. The fourth-order valence-corrected chi connectivity index (χ4v) is 2.73. The van der Waals surface area contributed by atoms with Crippen LogP contribution in [0.15, 0.2) is 41.3 Å². The van der Waals surface area contributed by atoms with E-state index in [1.165, 1.54) is 30.0 Å². The van der Waals surface area contributed by atoms with Gasteiger partial charge >= 0.3 is 0 Å². The molecule has 4 nitrogen and oxygen atoms in total. The largest absolute Gasteiger partial charge is 0.493 e. The Balaban J connectivity index is 1.95. The molecular weight excluding hydrogens is 341 g/mol. The minimum Gasteiger partial charge on any atom is -0.493 e. The van der Waals surface area contributed by atoms with Crippen LogP contribution < -0.4 is 14.8 Å². The summed E-state index contributed by atoms with van der Waals surface area (Å²) in [6.07, 6.45) is 0. The maximum Gasteiger partial charge on any atom is 0.234 e. The van der Waals surface area contributed by atoms with E-state index in [4.69, 9.17) is 21.1 Å². The Labute approximate surface area is 142 Å². The average molecular weight is 356 g/mol. The van der Waals surface area contributed by atoms with Crippen molar-refractivity contribution in [1.29, 1.82) is 0 Å². The number of amides is 1. The smallest absolute Gasteiger partial charge is 0.234 e. The minimum absolute atomic E-state index is 0.0321. The minimum atomic E-state index is -0.524. The van der Waals surface area contributed by atoms with Crippen molar-refractivity contribution in [2.45, 2.75) is 4.90 Å². The van der Waals surface area contributed by atoms with E-state index < -0.39 is 5.82 Å². The molecule has 0 bridgehead atoms. The number of halogens is 2. The zero-order valence-electron chi connectivity index (χ0n) is 12.6. The summed E-state index contributed by atoms with van der Waals surface area (Å²) in [5.41, 5.74) is 0.453. The van der Waals surface area contributed by atoms with Crippen LogP contribution >= 0.6 is 23.4 Å². The first-order valence-corrected chi connectivity index (χ1v) is 7.99. The molecule has 0 saturated carbocycles. The second-order valence-electron chi connectivity index (χ2n) is 4.48. The first kappa shape index (κ1) is 17.4. The Kier molecular flexibility index (Phi) is 6.12. The highest BCUT2D eigenvalue weighted by Crippen LogP contribution is 2.31. The number of methoxy groups -OCH3 is 2. The predicted octanol–water partition coefficient (Wildman–Crippen LogP) is 4.23. The molecule has 23 heavy (non-hydrogen) atoms. The first-order valence-electron chi connectivity index (χ1n) is 6.63. The number of ether oxygens (including phenoxy) is 2. The number of thioether (sulfide) groups is 1. The van der Waals surface area contributed by atoms with E-state index in [9.17, 15) is 9.18 Å². The number of hydrogen-bond acceptors (Lipinski definition) is 4. The fraction of sp³-hybridized carbons (Fsp3) is 0.188. The molecule has 1 amide bonds. The van der Waals surface area contributed by atoms with E-state index in [2.05, 4.69) is 5.32 Å². The van der Waals surface area contributed by atoms with E-state index >= 15 is 0 Å². The zero-order valence-corrected chi connectivity index (χ0v) is 14.1. The molecule has 0 aliphatic heterocycles. The Bertz CT molecular complexity index is 712. The van der Waals surface area contributed by atoms with Crippen LogP contribution in [0.25, 0.3) is 0 Å². The van der Waals surface area contributed by atoms with Gasteiger partial charge in [0.05, 0.1) is 25.0 Å². The van der Waals surface area contributed by atoms with E-state index in [1.54, 1.807) is 26.4 Å². The van der Waals surface area contributed by atoms with Gasteiger partial charge in [-0.25, -0.2) is 4.39 Å². The van der Waals surface area contributed by atoms with Crippen molar-refractivity contribution in [1.82, 2.24) is 0 Å². The lowest BCUT2D eigenvalue weighted by atomic mass is 10.3. The van der Waals surface area contributed by atoms with Gasteiger partial charge in [-0.2, -0.15) is 0 Å². The highest BCUT2D eigenvalue weighted by Gasteiger charge is 2.09. The molecule has 0 fully saturated rings. The topological polar surface area (TPSA) is 47.6 Å². The van der Waals surface area contributed by atoms with Crippen LogP contribution in [0.5, 0.6) is 11.5 Å². The molecule has 0 saturated heterocycles. The Morgan fingerprint density at radius 2 is 1.91 bits per heavy atom. The van der Waals surface area contributed by atoms with Crippen LogP contribution in [0.1, 0.15) is 0 Å². The molecular formula is C16H15ClFNO3S. The molecule has 2 aromatic rings. The van der Waals surface area contributed by atoms with Gasteiger partial charge in [-0.3, -0.25) is 4.79 Å². The molecule has 0 heterocycles. The Morgan fingerprint density at radius 3 is 2.57 bits per heavy atom. The number of nitrogens with one attached hydrogen (secondary N) is 1. The lowest BCUT2D eigenvalue weighted by molar-refractivity contribution is -0.113. The molecule has 0 aliphatic rings. The van der Waals surface area contributed by atoms with Crippen molar-refractivity contribution >= 4 is 35.0 Å². The average Bonchev–Trinajstić information content (AvgIpc) is 2.56. The summed E-state index contributed by atoms with van der Waals surface area (Å²) in [4.78, 5) is 12.8. The first-order chi connectivity index (χ1) is 11.0. The van der Waals surface area contributed by atoms with E-state index in [0.29, 0.717) is 17.2 Å². The quantitative estimate of drug-likeness (QED) is 0.788. The number of rotatable bonds is 6. The van der Waals surface area contributed by atoms with Crippen LogP contribution in [-0.4, -0.2) is 25.9 Å². The van der Waals surface area contributed by atoms with Gasteiger partial charge in [-0.1, -0.05) is 11.6 Å². The second-order valence-corrected chi connectivity index (χ2v) is 5.94. The molecule has 2 aromatic carbocycles. The summed E-state index contributed by atoms with van der Waals surface area (Å²) < 4.78 is 23.4. The number of carbonyl (C=O) groups is 1. The van der Waals surface area contributed by atoms with Crippen molar-refractivity contribution in [3.05, 3.63) is 47.2 Å². The van der Waals surface area contributed by atoms with Gasteiger partial charge < -0.3 is 14.8 Å². The molecule has 0 radical (unpaired) electrons. The molecule has 0 spiro atoms. The number of hydrogen-bond donors (Lipinski definition) is 1. The van der Waals surface area contributed by atoms with Gasteiger partial charge in [0, 0.05) is 10.6 Å². The molecule has 0 unspecified atom stereocenters. The highest BCUT2D eigenvalue weighted by atomic mass is 35.5. The fourth-order valence-electron chi connectivity index (χ4n) is 1.83. The summed E-state index contributed by atoms with van der Waals surface area (Å²) in [5, 5.41) is 2.63. The van der Waals surface area contributed by atoms with Crippen molar-refractivity contribution in [2.75, 3.05) is 25.3 Å². The maximum atomic E-state index is 13.1. The summed E-state index contributed by atoms with van der Waals surface area (Å²) in [6.45, 7) is 0.